The molecule has 0 aromatic heterocycles. The second kappa shape index (κ2) is 5.34. The minimum absolute atomic E-state index is 0.182. The maximum Gasteiger partial charge on any atom is 0.414 e. The van der Waals surface area contributed by atoms with Gasteiger partial charge in [-0.1, -0.05) is 18.2 Å². The number of dihydropyridines is 1. The number of hydrogen-bond acceptors (Lipinski definition) is 3. The van der Waals surface area contributed by atoms with Gasteiger partial charge in [0.25, 0.3) is 0 Å². The topological polar surface area (TPSA) is 41.6 Å². The standard InChI is InChI=1S/C15H20N2O2/c1-15(2,3)19-14(18)17-10-7-12(8-11-17)13-6-4-5-9-16-13/h4-10,13,16H,11H2,1-3H3. The smallest absolute Gasteiger partial charge is 0.414 e. The zero-order valence-corrected chi connectivity index (χ0v) is 11.6. The van der Waals surface area contributed by atoms with Crippen LogP contribution < -0.4 is 5.32 Å². The van der Waals surface area contributed by atoms with Gasteiger partial charge in [0.1, 0.15) is 5.60 Å². The lowest BCUT2D eigenvalue weighted by molar-refractivity contribution is 0.0349. The molecule has 0 aliphatic carbocycles. The molecule has 0 aromatic carbocycles. The summed E-state index contributed by atoms with van der Waals surface area (Å²) in [6, 6.07) is 0.182. The summed E-state index contributed by atoms with van der Waals surface area (Å²) >= 11 is 0. The van der Waals surface area contributed by atoms with Crippen LogP contribution in [0.1, 0.15) is 20.8 Å². The molecule has 0 fully saturated rings. The van der Waals surface area contributed by atoms with E-state index in [2.05, 4.69) is 11.4 Å². The summed E-state index contributed by atoms with van der Waals surface area (Å²) < 4.78 is 5.32. The van der Waals surface area contributed by atoms with Gasteiger partial charge in [-0.15, -0.1) is 0 Å². The van der Waals surface area contributed by atoms with E-state index in [1.54, 1.807) is 11.1 Å². The molecule has 2 aliphatic rings. The summed E-state index contributed by atoms with van der Waals surface area (Å²) in [7, 11) is 0. The third kappa shape index (κ3) is 3.74. The third-order valence-corrected chi connectivity index (χ3v) is 2.74. The van der Waals surface area contributed by atoms with Gasteiger partial charge in [-0.3, -0.25) is 4.90 Å². The molecule has 1 amide bonds. The number of amides is 1. The van der Waals surface area contributed by atoms with Crippen LogP contribution in [-0.2, 0) is 4.74 Å². The zero-order chi connectivity index (χ0) is 13.9. The lowest BCUT2D eigenvalue weighted by Crippen LogP contribution is -2.36. The van der Waals surface area contributed by atoms with Gasteiger partial charge in [-0.2, -0.15) is 0 Å². The van der Waals surface area contributed by atoms with E-state index >= 15 is 0 Å². The van der Waals surface area contributed by atoms with Crippen LogP contribution in [0, 0.1) is 0 Å². The number of allylic oxidation sites excluding steroid dienone is 2. The molecule has 1 unspecified atom stereocenters. The van der Waals surface area contributed by atoms with Gasteiger partial charge < -0.3 is 10.1 Å². The van der Waals surface area contributed by atoms with Gasteiger partial charge in [0, 0.05) is 12.7 Å². The predicted molar refractivity (Wildman–Crippen MR) is 75.4 cm³/mol. The van der Waals surface area contributed by atoms with Crippen LogP contribution in [0.4, 0.5) is 4.79 Å². The van der Waals surface area contributed by atoms with E-state index in [0.29, 0.717) is 6.54 Å². The second-order valence-electron chi connectivity index (χ2n) is 5.54. The average molecular weight is 260 g/mol. The van der Waals surface area contributed by atoms with E-state index in [0.717, 1.165) is 5.57 Å². The summed E-state index contributed by atoms with van der Waals surface area (Å²) in [5, 5.41) is 3.25. The minimum atomic E-state index is -0.465. The van der Waals surface area contributed by atoms with Gasteiger partial charge in [0.15, 0.2) is 0 Å². The van der Waals surface area contributed by atoms with Crippen LogP contribution in [0.3, 0.4) is 0 Å². The summed E-state index contributed by atoms with van der Waals surface area (Å²) in [5.74, 6) is 0. The number of nitrogens with zero attached hydrogens (tertiary/aromatic N) is 1. The Labute approximate surface area is 114 Å². The Balaban J connectivity index is 1.93. The summed E-state index contributed by atoms with van der Waals surface area (Å²) in [4.78, 5) is 13.4. The first-order valence-corrected chi connectivity index (χ1v) is 6.43. The average Bonchev–Trinajstić information content (AvgIpc) is 2.38. The summed E-state index contributed by atoms with van der Waals surface area (Å²) in [5.41, 5.74) is 0.688. The van der Waals surface area contributed by atoms with Crippen LogP contribution in [0.15, 0.2) is 48.4 Å². The molecule has 102 valence electrons. The van der Waals surface area contributed by atoms with Crippen LogP contribution in [0.5, 0.6) is 0 Å². The molecule has 0 aromatic rings. The number of nitrogens with one attached hydrogen (secondary N) is 1. The number of ether oxygens (including phenoxy) is 1. The maximum atomic E-state index is 11.9. The fourth-order valence-corrected chi connectivity index (χ4v) is 1.85. The van der Waals surface area contributed by atoms with Gasteiger partial charge in [0.05, 0.1) is 6.04 Å². The maximum absolute atomic E-state index is 11.9. The molecule has 1 atom stereocenters. The fourth-order valence-electron chi connectivity index (χ4n) is 1.85. The Bertz CT molecular complexity index is 467. The fraction of sp³-hybridized carbons (Fsp3) is 0.400. The molecule has 1 N–H and O–H groups in total. The Morgan fingerprint density at radius 1 is 1.42 bits per heavy atom. The van der Waals surface area contributed by atoms with Gasteiger partial charge in [-0.05, 0) is 44.7 Å². The van der Waals surface area contributed by atoms with Gasteiger partial charge in [-0.25, -0.2) is 4.79 Å². The normalized spacial score (nSPS) is 21.9. The van der Waals surface area contributed by atoms with Crippen LogP contribution in [0.2, 0.25) is 0 Å². The van der Waals surface area contributed by atoms with Crippen molar-refractivity contribution in [2.24, 2.45) is 0 Å². The van der Waals surface area contributed by atoms with Crippen molar-refractivity contribution in [1.29, 1.82) is 0 Å². The van der Waals surface area contributed by atoms with Crippen molar-refractivity contribution in [2.45, 2.75) is 32.4 Å². The third-order valence-electron chi connectivity index (χ3n) is 2.74. The van der Waals surface area contributed by atoms with Crippen molar-refractivity contribution < 1.29 is 9.53 Å². The Morgan fingerprint density at radius 2 is 2.21 bits per heavy atom. The predicted octanol–water partition coefficient (Wildman–Crippen LogP) is 2.72. The lowest BCUT2D eigenvalue weighted by Gasteiger charge is -2.27. The van der Waals surface area contributed by atoms with E-state index in [4.69, 9.17) is 4.74 Å². The van der Waals surface area contributed by atoms with Crippen LogP contribution in [0.25, 0.3) is 0 Å². The number of carbonyl (C=O) groups excluding carboxylic acids is 1. The van der Waals surface area contributed by atoms with Crippen LogP contribution in [-0.4, -0.2) is 29.2 Å². The highest BCUT2D eigenvalue weighted by atomic mass is 16.6. The highest BCUT2D eigenvalue weighted by molar-refractivity contribution is 5.70. The van der Waals surface area contributed by atoms with E-state index < -0.39 is 5.60 Å². The number of rotatable bonds is 1. The van der Waals surface area contributed by atoms with E-state index in [9.17, 15) is 4.79 Å². The molecule has 4 nitrogen and oxygen atoms in total. The molecular weight excluding hydrogens is 240 g/mol. The zero-order valence-electron chi connectivity index (χ0n) is 11.6. The Kier molecular flexibility index (Phi) is 3.79. The van der Waals surface area contributed by atoms with E-state index in [-0.39, 0.29) is 12.1 Å². The van der Waals surface area contributed by atoms with Crippen molar-refractivity contribution in [3.8, 4) is 0 Å². The Hall–Kier alpha value is -1.97. The van der Waals surface area contributed by atoms with Crippen molar-refractivity contribution in [2.75, 3.05) is 6.54 Å². The molecule has 0 saturated heterocycles. The van der Waals surface area contributed by atoms with Gasteiger partial charge in [0.2, 0.25) is 0 Å². The van der Waals surface area contributed by atoms with Crippen molar-refractivity contribution in [1.82, 2.24) is 10.2 Å². The van der Waals surface area contributed by atoms with Crippen LogP contribution >= 0.6 is 0 Å². The first-order valence-electron chi connectivity index (χ1n) is 6.43. The monoisotopic (exact) mass is 260 g/mol. The summed E-state index contributed by atoms with van der Waals surface area (Å²) in [6.45, 7) is 6.13. The Morgan fingerprint density at radius 3 is 2.74 bits per heavy atom. The summed E-state index contributed by atoms with van der Waals surface area (Å²) in [6.07, 6.45) is 13.4. The molecule has 2 aliphatic heterocycles. The molecule has 0 radical (unpaired) electrons. The number of carbonyl (C=O) groups is 1. The minimum Gasteiger partial charge on any atom is -0.443 e. The lowest BCUT2D eigenvalue weighted by atomic mass is 10.0. The highest BCUT2D eigenvalue weighted by Crippen LogP contribution is 2.16. The van der Waals surface area contributed by atoms with Crippen molar-refractivity contribution in [3.05, 3.63) is 48.4 Å². The van der Waals surface area contributed by atoms with Gasteiger partial charge >= 0.3 is 6.09 Å². The largest absolute Gasteiger partial charge is 0.443 e. The first-order chi connectivity index (χ1) is 8.96. The molecule has 2 rings (SSSR count). The SMILES string of the molecule is CC(C)(C)OC(=O)N1C=CC(C2C=CC=CN2)=CC1. The number of hydrogen-bond donors (Lipinski definition) is 1. The molecule has 2 heterocycles. The molecule has 19 heavy (non-hydrogen) atoms. The molecule has 0 bridgehead atoms. The molecular formula is C15H20N2O2. The first kappa shape index (κ1) is 13.5. The second-order valence-corrected chi connectivity index (χ2v) is 5.54. The highest BCUT2D eigenvalue weighted by Gasteiger charge is 2.22. The van der Waals surface area contributed by atoms with Crippen molar-refractivity contribution >= 4 is 6.09 Å². The van der Waals surface area contributed by atoms with E-state index in [1.807, 2.05) is 51.3 Å². The molecule has 0 spiro atoms. The molecule has 0 saturated carbocycles. The quantitative estimate of drug-likeness (QED) is 0.788. The molecule has 4 heteroatoms. The van der Waals surface area contributed by atoms with E-state index in [1.165, 1.54) is 0 Å². The van der Waals surface area contributed by atoms with Crippen molar-refractivity contribution in [3.63, 3.8) is 0 Å².